The summed E-state index contributed by atoms with van der Waals surface area (Å²) in [6.07, 6.45) is 20.5. The molecule has 0 rings (SSSR count). The second kappa shape index (κ2) is 73.6. The number of amides is 3. The smallest absolute Gasteiger partial charge is 0.326 e. The number of thioether (sulfide) groups is 1. The Morgan fingerprint density at radius 1 is 0.557 bits per heavy atom. The molecule has 61 heavy (non-hydrogen) atoms. The first-order chi connectivity index (χ1) is 29.5. The highest BCUT2D eigenvalue weighted by Crippen LogP contribution is 2.12. The first kappa shape index (κ1) is 74.6. The molecule has 7 N–H and O–H groups in total. The van der Waals surface area contributed by atoms with Gasteiger partial charge in [0.15, 0.2) is 0 Å². The van der Waals surface area contributed by atoms with E-state index in [4.69, 9.17) is 29.0 Å². The molecule has 0 aromatic carbocycles. The zero-order valence-electron chi connectivity index (χ0n) is 39.1. The molecule has 370 valence electrons. The van der Waals surface area contributed by atoms with Gasteiger partial charge in [-0.25, -0.2) is 4.79 Å². The molecule has 0 aliphatic heterocycles. The van der Waals surface area contributed by atoms with Crippen molar-refractivity contribution in [2.75, 3.05) is 96.4 Å². The molecule has 0 heterocycles. The summed E-state index contributed by atoms with van der Waals surface area (Å²) in [5.41, 5.74) is 0. The van der Waals surface area contributed by atoms with Crippen LogP contribution in [-0.2, 0) is 38.2 Å². The molecule has 1 atom stereocenters. The normalized spacial score (nSPS) is 9.92. The van der Waals surface area contributed by atoms with Gasteiger partial charge in [0.2, 0.25) is 17.7 Å². The van der Waals surface area contributed by atoms with E-state index in [0.717, 1.165) is 57.8 Å². The molecule has 0 spiro atoms. The number of aliphatic carboxylic acids is 2. The maximum Gasteiger partial charge on any atom is 0.326 e. The van der Waals surface area contributed by atoms with E-state index in [2.05, 4.69) is 67.1 Å². The van der Waals surface area contributed by atoms with Crippen molar-refractivity contribution in [3.8, 4) is 0 Å². The fourth-order valence-corrected chi connectivity index (χ4v) is 3.99. The summed E-state index contributed by atoms with van der Waals surface area (Å²) in [6.45, 7) is 11.7. The van der Waals surface area contributed by atoms with Gasteiger partial charge in [-0.2, -0.15) is 11.8 Å². The van der Waals surface area contributed by atoms with E-state index in [1.807, 2.05) is 39.5 Å². The third-order valence-electron chi connectivity index (χ3n) is 6.94. The van der Waals surface area contributed by atoms with Crippen LogP contribution in [0.1, 0.15) is 125 Å². The molecule has 0 aliphatic rings. The number of aliphatic hydroxyl groups excluding tert-OH is 1. The second-order valence-electron chi connectivity index (χ2n) is 11.4. The van der Waals surface area contributed by atoms with Crippen LogP contribution in [0.25, 0.3) is 0 Å². The average Bonchev–Trinajstić information content (AvgIpc) is 3.28. The third-order valence-corrected chi connectivity index (χ3v) is 10.2. The van der Waals surface area contributed by atoms with Gasteiger partial charge in [-0.15, -0.1) is 0 Å². The summed E-state index contributed by atoms with van der Waals surface area (Å²) in [5, 5.41) is 34.3. The topological polar surface area (TPSA) is 230 Å². The Kier molecular flexibility index (Phi) is 90.0. The Hall–Kier alpha value is -0.750. The van der Waals surface area contributed by atoms with E-state index in [-0.39, 0.29) is 89.6 Å². The number of nitrogens with one attached hydrogen (secondary N) is 3. The van der Waals surface area contributed by atoms with Crippen LogP contribution in [0.2, 0.25) is 0 Å². The van der Waals surface area contributed by atoms with Gasteiger partial charge >= 0.3 is 11.9 Å². The molecule has 1 unspecified atom stereocenters. The largest absolute Gasteiger partial charge is 0.481 e. The van der Waals surface area contributed by atoms with Gasteiger partial charge in [-0.3, -0.25) is 19.2 Å². The number of unbranched alkanes of at least 4 members (excludes halogenated alkanes) is 9. The average molecular weight is 995 g/mol. The predicted octanol–water partition coefficient (Wildman–Crippen LogP) is 8.44. The highest BCUT2D eigenvalue weighted by Gasteiger charge is 2.20. The minimum absolute atomic E-state index is 0.0203. The van der Waals surface area contributed by atoms with E-state index in [9.17, 15) is 29.1 Å². The van der Waals surface area contributed by atoms with Gasteiger partial charge in [0.1, 0.15) is 12.6 Å². The standard InChI is InChI=1S/C29H53N3O11.C3H8S.2C2H6S2.2C2H6.H2OS/c33-17-20-41-18-16-31-27(36)23-43-22-21-42-19-15-30-25(34)14-13-24(29(39)40)32-26(35)11-9-7-5-3-1-2-4-6-8-10-12-28(37)38;3*1-3-4-2;3*1-2/h24,33H,1-23H2,(H,30,34)(H,31,36)(H,32,35)(H,37,38)(H,39,40);3H2,1-2H3;2*1-2H3;2*1-2H3;1-2H. The van der Waals surface area contributed by atoms with Crippen LogP contribution < -0.4 is 16.0 Å². The van der Waals surface area contributed by atoms with Crippen molar-refractivity contribution in [3.05, 3.63) is 0 Å². The molecular formula is C40H87N3O12S6. The lowest BCUT2D eigenvalue weighted by molar-refractivity contribution is -0.142. The van der Waals surface area contributed by atoms with Crippen molar-refractivity contribution in [1.29, 1.82) is 0 Å². The van der Waals surface area contributed by atoms with E-state index in [0.29, 0.717) is 19.6 Å². The Bertz CT molecular complexity index is 878. The minimum atomic E-state index is -1.18. The second-order valence-corrected chi connectivity index (χ2v) is 17.9. The summed E-state index contributed by atoms with van der Waals surface area (Å²) in [5.74, 6) is -1.67. The fourth-order valence-electron chi connectivity index (χ4n) is 3.99. The summed E-state index contributed by atoms with van der Waals surface area (Å²) < 4.78 is 22.2. The van der Waals surface area contributed by atoms with Crippen molar-refractivity contribution in [1.82, 2.24) is 16.0 Å². The first-order valence-corrected chi connectivity index (χ1v) is 28.7. The molecule has 0 aromatic heterocycles. The van der Waals surface area contributed by atoms with Gasteiger partial charge in [-0.05, 0) is 69.2 Å². The molecule has 0 saturated heterocycles. The van der Waals surface area contributed by atoms with Crippen molar-refractivity contribution < 1.29 is 58.1 Å². The Balaban J connectivity index is -0.000000275. The zero-order valence-corrected chi connectivity index (χ0v) is 44.1. The van der Waals surface area contributed by atoms with Crippen molar-refractivity contribution in [2.45, 2.75) is 131 Å². The van der Waals surface area contributed by atoms with Crippen LogP contribution in [-0.4, -0.2) is 152 Å². The molecule has 0 bridgehead atoms. The molecule has 0 saturated carbocycles. The van der Waals surface area contributed by atoms with Gasteiger partial charge in [-0.1, -0.05) is 129 Å². The van der Waals surface area contributed by atoms with Crippen LogP contribution in [0.4, 0.5) is 0 Å². The first-order valence-electron chi connectivity index (χ1n) is 20.9. The highest BCUT2D eigenvalue weighted by molar-refractivity contribution is 8.76. The molecule has 0 radical (unpaired) electrons. The Morgan fingerprint density at radius 2 is 0.951 bits per heavy atom. The van der Waals surface area contributed by atoms with Crippen LogP contribution in [0.15, 0.2) is 0 Å². The number of thiol groups is 1. The number of ether oxygens (including phenoxy) is 3. The molecule has 0 aromatic rings. The maximum absolute atomic E-state index is 12.2. The zero-order chi connectivity index (χ0) is 48.2. The molecule has 0 fully saturated rings. The van der Waals surface area contributed by atoms with E-state index in [1.165, 1.54) is 5.75 Å². The number of carbonyl (C=O) groups is 5. The maximum atomic E-state index is 12.2. The van der Waals surface area contributed by atoms with Crippen LogP contribution in [0, 0.1) is 0 Å². The van der Waals surface area contributed by atoms with Crippen LogP contribution in [0.5, 0.6) is 0 Å². The SMILES string of the molecule is CC.CC.CCSC.CSSC.CSSC.O=C(O)CCCCCCCCCCCCC(=O)NC(CCC(=O)NCCOCCOCC(=O)NCCOCCO)C(=O)O.OS. The monoisotopic (exact) mass is 993 g/mol. The fraction of sp³-hybridized carbons (Fsp3) is 0.875. The lowest BCUT2D eigenvalue weighted by Gasteiger charge is -2.14. The lowest BCUT2D eigenvalue weighted by Crippen LogP contribution is -2.41. The summed E-state index contributed by atoms with van der Waals surface area (Å²) in [6, 6.07) is -1.13. The van der Waals surface area contributed by atoms with Crippen molar-refractivity contribution >= 4 is 97.5 Å². The summed E-state index contributed by atoms with van der Waals surface area (Å²) >= 11 is 4.38. The number of carbonyl (C=O) groups excluding carboxylic acids is 3. The third kappa shape index (κ3) is 83.4. The van der Waals surface area contributed by atoms with E-state index in [1.54, 1.807) is 43.2 Å². The number of carboxylic acids is 2. The van der Waals surface area contributed by atoms with Crippen LogP contribution >= 0.6 is 67.8 Å². The molecule has 21 heteroatoms. The quantitative estimate of drug-likeness (QED) is 0.0131. The minimum Gasteiger partial charge on any atom is -0.481 e. The van der Waals surface area contributed by atoms with Crippen LogP contribution in [0.3, 0.4) is 0 Å². The summed E-state index contributed by atoms with van der Waals surface area (Å²) in [7, 11) is 7.09. The lowest BCUT2D eigenvalue weighted by atomic mass is 10.0. The number of hydrogen-bond acceptors (Lipinski definition) is 16. The van der Waals surface area contributed by atoms with Gasteiger partial charge in [0, 0.05) is 32.4 Å². The number of hydrogen-bond donors (Lipinski definition) is 8. The van der Waals surface area contributed by atoms with Gasteiger partial charge in [0.05, 0.1) is 39.6 Å². The van der Waals surface area contributed by atoms with Crippen molar-refractivity contribution in [2.24, 2.45) is 0 Å². The van der Waals surface area contributed by atoms with E-state index < -0.39 is 18.0 Å². The Labute approximate surface area is 396 Å². The summed E-state index contributed by atoms with van der Waals surface area (Å²) in [4.78, 5) is 57.7. The van der Waals surface area contributed by atoms with E-state index >= 15 is 0 Å². The highest BCUT2D eigenvalue weighted by atomic mass is 33.1. The number of rotatable bonds is 34. The molecule has 3 amide bonds. The Morgan fingerprint density at radius 3 is 1.34 bits per heavy atom. The predicted molar refractivity (Wildman–Crippen MR) is 270 cm³/mol. The molecule has 0 aliphatic carbocycles. The number of aliphatic hydroxyl groups is 1. The molecule has 15 nitrogen and oxygen atoms in total. The molecular weight excluding hydrogens is 907 g/mol. The van der Waals surface area contributed by atoms with Crippen molar-refractivity contribution in [3.63, 3.8) is 0 Å². The van der Waals surface area contributed by atoms with Gasteiger partial charge < -0.3 is 50.0 Å². The van der Waals surface area contributed by atoms with Gasteiger partial charge in [0.25, 0.3) is 0 Å². The number of carboxylic acid groups (broad SMARTS) is 2.